The van der Waals surface area contributed by atoms with E-state index in [1.807, 2.05) is 0 Å². The van der Waals surface area contributed by atoms with Crippen LogP contribution >= 0.6 is 0 Å². The van der Waals surface area contributed by atoms with Crippen molar-refractivity contribution in [1.29, 1.82) is 0 Å². The highest BCUT2D eigenvalue weighted by atomic mass is 16.6. The predicted molar refractivity (Wildman–Crippen MR) is 280 cm³/mol. The van der Waals surface area contributed by atoms with E-state index in [-0.39, 0.29) is 31.1 Å². The Balaban J connectivity index is 4.28. The third-order valence-electron chi connectivity index (χ3n) is 13.8. The van der Waals surface area contributed by atoms with Crippen molar-refractivity contribution in [3.05, 3.63) is 0 Å². The molecular weight excluding hydrogens is 805 g/mol. The number of ether oxygens (including phenoxy) is 3. The van der Waals surface area contributed by atoms with Crippen molar-refractivity contribution >= 4 is 17.9 Å². The van der Waals surface area contributed by atoms with Crippen LogP contribution in [0.4, 0.5) is 0 Å². The van der Waals surface area contributed by atoms with E-state index >= 15 is 0 Å². The Bertz CT molecular complexity index is 995. The summed E-state index contributed by atoms with van der Waals surface area (Å²) in [5.41, 5.74) is 0. The van der Waals surface area contributed by atoms with Crippen LogP contribution in [0.5, 0.6) is 0 Å². The average molecular weight is 920 g/mol. The number of hydrogen-bond acceptors (Lipinski definition) is 6. The van der Waals surface area contributed by atoms with Crippen LogP contribution in [-0.4, -0.2) is 37.2 Å². The van der Waals surface area contributed by atoms with Crippen LogP contribution in [0.1, 0.15) is 330 Å². The Morgan fingerprint density at radius 1 is 0.323 bits per heavy atom. The van der Waals surface area contributed by atoms with Crippen LogP contribution in [0.15, 0.2) is 0 Å². The van der Waals surface area contributed by atoms with Crippen molar-refractivity contribution in [3.63, 3.8) is 0 Å². The zero-order valence-corrected chi connectivity index (χ0v) is 44.6. The smallest absolute Gasteiger partial charge is 0.306 e. The highest BCUT2D eigenvalue weighted by Gasteiger charge is 2.19. The van der Waals surface area contributed by atoms with E-state index in [2.05, 4.69) is 34.6 Å². The monoisotopic (exact) mass is 919 g/mol. The van der Waals surface area contributed by atoms with Gasteiger partial charge in [0.15, 0.2) is 6.10 Å². The van der Waals surface area contributed by atoms with Gasteiger partial charge in [-0.3, -0.25) is 14.4 Å². The lowest BCUT2D eigenvalue weighted by atomic mass is 9.99. The fourth-order valence-electron chi connectivity index (χ4n) is 9.02. The molecule has 0 aliphatic heterocycles. The fraction of sp³-hybridized carbons (Fsp3) is 0.949. The van der Waals surface area contributed by atoms with Gasteiger partial charge in [0.25, 0.3) is 0 Å². The molecule has 0 radical (unpaired) electrons. The molecule has 0 amide bonds. The van der Waals surface area contributed by atoms with E-state index in [0.29, 0.717) is 19.3 Å². The number of carbonyl (C=O) groups is 3. The Kier molecular flexibility index (Phi) is 50.5. The number of hydrogen-bond donors (Lipinski definition) is 0. The molecule has 65 heavy (non-hydrogen) atoms. The third-order valence-corrected chi connectivity index (χ3v) is 13.8. The molecule has 0 fully saturated rings. The van der Waals surface area contributed by atoms with Gasteiger partial charge in [0, 0.05) is 19.3 Å². The van der Waals surface area contributed by atoms with E-state index < -0.39 is 6.10 Å². The summed E-state index contributed by atoms with van der Waals surface area (Å²) in [4.78, 5) is 38.1. The fourth-order valence-corrected chi connectivity index (χ4v) is 9.02. The van der Waals surface area contributed by atoms with Gasteiger partial charge in [-0.2, -0.15) is 0 Å². The molecule has 0 aromatic rings. The molecule has 2 atom stereocenters. The van der Waals surface area contributed by atoms with Gasteiger partial charge >= 0.3 is 17.9 Å². The summed E-state index contributed by atoms with van der Waals surface area (Å²) in [7, 11) is 0. The summed E-state index contributed by atoms with van der Waals surface area (Å²) >= 11 is 0. The van der Waals surface area contributed by atoms with E-state index in [9.17, 15) is 14.4 Å². The van der Waals surface area contributed by atoms with E-state index in [1.54, 1.807) is 0 Å². The van der Waals surface area contributed by atoms with Crippen molar-refractivity contribution in [2.45, 2.75) is 336 Å². The molecule has 0 bridgehead atoms. The summed E-state index contributed by atoms with van der Waals surface area (Å²) in [5.74, 6) is 0.884. The van der Waals surface area contributed by atoms with Crippen LogP contribution in [0.2, 0.25) is 0 Å². The normalized spacial score (nSPS) is 12.5. The number of esters is 3. The summed E-state index contributed by atoms with van der Waals surface area (Å²) in [5, 5.41) is 0. The van der Waals surface area contributed by atoms with Gasteiger partial charge in [-0.15, -0.1) is 0 Å². The highest BCUT2D eigenvalue weighted by molar-refractivity contribution is 5.71. The lowest BCUT2D eigenvalue weighted by molar-refractivity contribution is -0.167. The quantitative estimate of drug-likeness (QED) is 0.0344. The van der Waals surface area contributed by atoms with Crippen LogP contribution in [0.25, 0.3) is 0 Å². The minimum atomic E-state index is -0.762. The van der Waals surface area contributed by atoms with Crippen molar-refractivity contribution in [3.8, 4) is 0 Å². The van der Waals surface area contributed by atoms with Crippen molar-refractivity contribution in [2.24, 2.45) is 11.8 Å². The number of rotatable bonds is 53. The minimum absolute atomic E-state index is 0.0626. The second kappa shape index (κ2) is 51.8. The van der Waals surface area contributed by atoms with Crippen molar-refractivity contribution in [2.75, 3.05) is 13.2 Å². The third kappa shape index (κ3) is 51.6. The van der Waals surface area contributed by atoms with Crippen molar-refractivity contribution in [1.82, 2.24) is 0 Å². The zero-order chi connectivity index (χ0) is 47.5. The van der Waals surface area contributed by atoms with Gasteiger partial charge in [0.05, 0.1) is 0 Å². The van der Waals surface area contributed by atoms with Crippen LogP contribution < -0.4 is 0 Å². The Morgan fingerprint density at radius 3 is 0.877 bits per heavy atom. The molecule has 6 nitrogen and oxygen atoms in total. The molecule has 6 heteroatoms. The second-order valence-corrected chi connectivity index (χ2v) is 21.0. The molecule has 1 unspecified atom stereocenters. The largest absolute Gasteiger partial charge is 0.462 e. The molecular formula is C59H114O6. The molecule has 0 rings (SSSR count). The molecule has 0 aliphatic rings. The first-order valence-electron chi connectivity index (χ1n) is 29.3. The molecule has 0 N–H and O–H groups in total. The Morgan fingerprint density at radius 2 is 0.585 bits per heavy atom. The molecule has 0 saturated carbocycles. The first-order chi connectivity index (χ1) is 31.8. The van der Waals surface area contributed by atoms with Crippen LogP contribution in [0, 0.1) is 11.8 Å². The molecule has 386 valence electrons. The maximum atomic E-state index is 12.8. The molecule has 0 heterocycles. The van der Waals surface area contributed by atoms with Crippen LogP contribution in [-0.2, 0) is 28.6 Å². The number of unbranched alkanes of at least 4 members (excludes halogenated alkanes) is 37. The lowest BCUT2D eigenvalue weighted by Crippen LogP contribution is -2.30. The van der Waals surface area contributed by atoms with Crippen LogP contribution in [0.3, 0.4) is 0 Å². The first-order valence-corrected chi connectivity index (χ1v) is 29.3. The first kappa shape index (κ1) is 63.4. The summed E-state index contributed by atoms with van der Waals surface area (Å²) in [6.45, 7) is 11.4. The van der Waals surface area contributed by atoms with E-state index in [0.717, 1.165) is 69.6 Å². The second-order valence-electron chi connectivity index (χ2n) is 21.0. The molecule has 0 aromatic heterocycles. The molecule has 0 aromatic carbocycles. The van der Waals surface area contributed by atoms with E-state index in [1.165, 1.54) is 218 Å². The van der Waals surface area contributed by atoms with E-state index in [4.69, 9.17) is 14.2 Å². The zero-order valence-electron chi connectivity index (χ0n) is 44.6. The van der Waals surface area contributed by atoms with Gasteiger partial charge in [0.1, 0.15) is 13.2 Å². The van der Waals surface area contributed by atoms with Gasteiger partial charge in [-0.1, -0.05) is 291 Å². The summed E-state index contributed by atoms with van der Waals surface area (Å²) < 4.78 is 16.9. The van der Waals surface area contributed by atoms with Gasteiger partial charge < -0.3 is 14.2 Å². The van der Waals surface area contributed by atoms with Gasteiger partial charge in [0.2, 0.25) is 0 Å². The predicted octanol–water partition coefficient (Wildman–Crippen LogP) is 19.3. The lowest BCUT2D eigenvalue weighted by Gasteiger charge is -2.18. The Labute approximate surface area is 406 Å². The average Bonchev–Trinajstić information content (AvgIpc) is 3.29. The topological polar surface area (TPSA) is 78.9 Å². The molecule has 0 spiro atoms. The highest BCUT2D eigenvalue weighted by Crippen LogP contribution is 2.19. The standard InChI is InChI=1S/C59H114O6/c1-6-8-9-10-11-12-13-14-20-24-31-36-41-46-51-59(62)65-56(53-64-58(61)50-45-40-35-30-26-25-28-33-38-43-48-55(5)7-2)52-63-57(60)49-44-39-34-29-23-21-18-16-15-17-19-22-27-32-37-42-47-54(3)4/h54-56H,6-53H2,1-5H3/t55?,56-/m1/s1. The van der Waals surface area contributed by atoms with Crippen molar-refractivity contribution < 1.29 is 28.6 Å². The Hall–Kier alpha value is -1.59. The SMILES string of the molecule is CCCCCCCCCCCCCCCCC(=O)O[C@H](COC(=O)CCCCCCCCCCCCCCCCCCC(C)C)COC(=O)CCCCCCCCCCCCC(C)CC. The molecule has 0 aliphatic carbocycles. The maximum absolute atomic E-state index is 12.8. The minimum Gasteiger partial charge on any atom is -0.462 e. The summed E-state index contributed by atoms with van der Waals surface area (Å²) in [6, 6.07) is 0. The van der Waals surface area contributed by atoms with Gasteiger partial charge in [-0.25, -0.2) is 0 Å². The molecule has 0 saturated heterocycles. The number of carbonyl (C=O) groups excluding carboxylic acids is 3. The summed E-state index contributed by atoms with van der Waals surface area (Å²) in [6.07, 6.45) is 55.1. The maximum Gasteiger partial charge on any atom is 0.306 e. The van der Waals surface area contributed by atoms with Gasteiger partial charge in [-0.05, 0) is 31.1 Å².